The first-order valence-electron chi connectivity index (χ1n) is 40.0. The fourth-order valence-electron chi connectivity index (χ4n) is 14.4. The number of hydrogen-bond acceptors (Lipinski definition) is 6. The second kappa shape index (κ2) is 59.6. The van der Waals surface area contributed by atoms with Gasteiger partial charge in [-0.1, -0.05) is 410 Å². The summed E-state index contributed by atoms with van der Waals surface area (Å²) in [5.41, 5.74) is 4.06. The zero-order chi connectivity index (χ0) is 66.3. The van der Waals surface area contributed by atoms with Gasteiger partial charge in [-0.3, -0.25) is 0 Å². The van der Waals surface area contributed by atoms with Gasteiger partial charge in [0.2, 0.25) is 0 Å². The van der Waals surface area contributed by atoms with Crippen LogP contribution in [0.1, 0.15) is 410 Å². The first-order valence-corrected chi connectivity index (χ1v) is 42.8. The maximum Gasteiger partial charge on any atom is 2.00 e. The van der Waals surface area contributed by atoms with Gasteiger partial charge in [0.15, 0.2) is 0 Å². The molecule has 0 amide bonds. The fraction of sp³-hybridized carbons (Fsp3) is 0.762. The normalized spacial score (nSPS) is 11.8. The zero-order valence-electron chi connectivity index (χ0n) is 61.2. The summed E-state index contributed by atoms with van der Waals surface area (Å²) >= 11 is 0. The van der Waals surface area contributed by atoms with Crippen molar-refractivity contribution in [2.24, 2.45) is 0 Å². The van der Waals surface area contributed by atoms with E-state index >= 15 is 0 Å². The van der Waals surface area contributed by atoms with E-state index in [-0.39, 0.29) is 58.7 Å². The number of aryl methyl sites for hydroxylation is 4. The minimum Gasteiger partial charge on any atom is -0.744 e. The zero-order valence-corrected chi connectivity index (χ0v) is 67.2. The molecule has 6 nitrogen and oxygen atoms in total. The molecule has 0 radical (unpaired) electrons. The van der Waals surface area contributed by atoms with Crippen LogP contribution in [-0.4, -0.2) is 74.8 Å². The molecule has 0 heterocycles. The molecule has 0 saturated carbocycles. The maximum atomic E-state index is 12.2. The van der Waals surface area contributed by atoms with Crippen molar-refractivity contribution in [1.82, 2.24) is 0 Å². The van der Waals surface area contributed by atoms with Crippen molar-refractivity contribution in [1.29, 1.82) is 0 Å². The Balaban J connectivity index is 0.000000627. The van der Waals surface area contributed by atoms with Gasteiger partial charge < -0.3 is 9.11 Å². The van der Waals surface area contributed by atoms with E-state index < -0.39 is 20.2 Å². The average Bonchev–Trinajstić information content (AvgIpc) is 0.792. The van der Waals surface area contributed by atoms with Crippen LogP contribution < -0.4 is 0 Å². The third-order valence-electron chi connectivity index (χ3n) is 20.1. The molecule has 4 rings (SSSR count). The molecule has 0 aliphatic rings. The van der Waals surface area contributed by atoms with Gasteiger partial charge in [0, 0.05) is 0 Å². The number of rotatable bonds is 62. The van der Waals surface area contributed by atoms with E-state index in [0.29, 0.717) is 12.8 Å². The molecule has 93 heavy (non-hydrogen) atoms. The molecule has 0 unspecified atom stereocenters. The number of hydrogen-bond donors (Lipinski definition) is 0. The third-order valence-corrected chi connectivity index (χ3v) is 22.0. The molecule has 0 N–H and O–H groups in total. The van der Waals surface area contributed by atoms with Crippen molar-refractivity contribution >= 4 is 90.7 Å². The molecule has 0 aromatic heterocycles. The van der Waals surface area contributed by atoms with Crippen molar-refractivity contribution < 1.29 is 25.9 Å². The molecule has 0 fully saturated rings. The van der Waals surface area contributed by atoms with E-state index in [2.05, 4.69) is 52.0 Å². The number of unbranched alkanes of at least 4 members (excludes halogenated alkanes) is 52. The van der Waals surface area contributed by atoms with Gasteiger partial charge in [-0.15, -0.1) is 0 Å². The van der Waals surface area contributed by atoms with E-state index in [0.717, 1.165) is 84.0 Å². The van der Waals surface area contributed by atoms with Crippen LogP contribution in [0.4, 0.5) is 0 Å². The topological polar surface area (TPSA) is 114 Å². The number of fused-ring (bicyclic) bond motifs is 2. The van der Waals surface area contributed by atoms with Crippen LogP contribution in [0.25, 0.3) is 21.5 Å². The Bertz CT molecular complexity index is 2430. The maximum absolute atomic E-state index is 12.2. The Morgan fingerprint density at radius 3 is 0.602 bits per heavy atom. The van der Waals surface area contributed by atoms with Crippen molar-refractivity contribution in [2.75, 3.05) is 0 Å². The molecule has 0 aliphatic heterocycles. The summed E-state index contributed by atoms with van der Waals surface area (Å²) in [5, 5.41) is 4.19. The SMILES string of the molecule is CCCCCCCCCCCCCCCCc1cccc2c(CCCCCCCCCCCCCCCC)c(S(=O)(=O)[O-])ccc12.CCCCCCCCCCCCCCCCc1cccc2c(CCCCCCCCCCCCCCCC)c(S(=O)(=O)[O-])ccc12.[Ba+2]. The molecule has 528 valence electrons. The third kappa shape index (κ3) is 43.2. The minimum absolute atomic E-state index is 0. The summed E-state index contributed by atoms with van der Waals surface area (Å²) in [6.07, 6.45) is 77.5. The van der Waals surface area contributed by atoms with Crippen LogP contribution in [0, 0.1) is 0 Å². The van der Waals surface area contributed by atoms with Crippen LogP contribution in [0.15, 0.2) is 70.5 Å². The Kier molecular flexibility index (Phi) is 56.4. The molecule has 0 spiro atoms. The van der Waals surface area contributed by atoms with Crippen molar-refractivity contribution in [3.05, 3.63) is 82.9 Å². The van der Waals surface area contributed by atoms with Crippen molar-refractivity contribution in [2.45, 2.75) is 423 Å². The summed E-state index contributed by atoms with van der Waals surface area (Å²) < 4.78 is 73.2. The first kappa shape index (κ1) is 87.9. The Morgan fingerprint density at radius 1 is 0.226 bits per heavy atom. The summed E-state index contributed by atoms with van der Waals surface area (Å²) in [5.74, 6) is 0. The molecule has 0 bridgehead atoms. The molecule has 0 aliphatic carbocycles. The van der Waals surface area contributed by atoms with Crippen LogP contribution in [-0.2, 0) is 45.9 Å². The van der Waals surface area contributed by atoms with E-state index in [1.807, 2.05) is 24.3 Å². The van der Waals surface area contributed by atoms with Crippen LogP contribution in [0.2, 0.25) is 0 Å². The molecular weight excluding hydrogens is 1310 g/mol. The molecule has 9 heteroatoms. The van der Waals surface area contributed by atoms with Gasteiger partial charge in [0.1, 0.15) is 20.2 Å². The van der Waals surface area contributed by atoms with E-state index in [1.54, 1.807) is 12.1 Å². The summed E-state index contributed by atoms with van der Waals surface area (Å²) in [6, 6.07) is 19.5. The van der Waals surface area contributed by atoms with Crippen LogP contribution in [0.3, 0.4) is 0 Å². The van der Waals surface area contributed by atoms with E-state index in [9.17, 15) is 25.9 Å². The smallest absolute Gasteiger partial charge is 0.744 e. The average molecular weight is 1450 g/mol. The van der Waals surface area contributed by atoms with Crippen LogP contribution in [0.5, 0.6) is 0 Å². The predicted octanol–water partition coefficient (Wildman–Crippen LogP) is 27.2. The second-order valence-electron chi connectivity index (χ2n) is 28.4. The standard InChI is InChI=1S/2C42H72O3S.Ba/c2*1-3-5-7-9-11-13-15-17-19-21-23-25-27-29-32-38-33-31-35-40-39(38)36-37-42(46(43,44)45)41(40)34-30-28-26-24-22-20-18-16-14-12-10-8-6-4-2;/h2*31,33,35-37H,3-30,32,34H2,1-2H3,(H,43,44,45);/q;;+2/p-2. The largest absolute Gasteiger partial charge is 2.00 e. The second-order valence-corrected chi connectivity index (χ2v) is 31.1. The molecule has 0 saturated heterocycles. The monoisotopic (exact) mass is 1450 g/mol. The molecular formula is C84H142BaO6S2. The number of benzene rings is 4. The van der Waals surface area contributed by atoms with Gasteiger partial charge in [0.05, 0.1) is 9.79 Å². The summed E-state index contributed by atoms with van der Waals surface area (Å²) in [7, 11) is -9.00. The molecule has 0 atom stereocenters. The van der Waals surface area contributed by atoms with Gasteiger partial charge in [0.25, 0.3) is 0 Å². The molecule has 4 aromatic rings. The summed E-state index contributed by atoms with van der Waals surface area (Å²) in [4.78, 5) is -0.0216. The van der Waals surface area contributed by atoms with E-state index in [4.69, 9.17) is 0 Å². The van der Waals surface area contributed by atoms with Gasteiger partial charge in [-0.05, 0) is 107 Å². The fourth-order valence-corrected chi connectivity index (χ4v) is 15.9. The van der Waals surface area contributed by atoms with Gasteiger partial charge in [-0.25, -0.2) is 16.8 Å². The first-order chi connectivity index (χ1) is 45.0. The quantitative estimate of drug-likeness (QED) is 0.0247. The van der Waals surface area contributed by atoms with E-state index in [1.165, 1.54) is 332 Å². The predicted molar refractivity (Wildman–Crippen MR) is 406 cm³/mol. The van der Waals surface area contributed by atoms with Crippen LogP contribution >= 0.6 is 0 Å². The Hall–Kier alpha value is -1.21. The Morgan fingerprint density at radius 2 is 0.409 bits per heavy atom. The molecule has 4 aromatic carbocycles. The van der Waals surface area contributed by atoms with Crippen molar-refractivity contribution in [3.8, 4) is 0 Å². The van der Waals surface area contributed by atoms with Gasteiger partial charge >= 0.3 is 48.9 Å². The summed E-state index contributed by atoms with van der Waals surface area (Å²) in [6.45, 7) is 9.11. The minimum atomic E-state index is -4.50. The van der Waals surface area contributed by atoms with Gasteiger partial charge in [-0.2, -0.15) is 0 Å². The van der Waals surface area contributed by atoms with Crippen molar-refractivity contribution in [3.63, 3.8) is 0 Å². The Labute approximate surface area is 616 Å².